The standard InChI is InChI=1S/C14H26N2O5/c1-9(10(17)21-7)8-16(6)12(20)15-14(4,5)13(2,3)11(18)19/h9H,8H2,1-7H3,(H,15,20)(H,18,19). The van der Waals surface area contributed by atoms with Crippen molar-refractivity contribution in [3.05, 3.63) is 0 Å². The zero-order valence-electron chi connectivity index (χ0n) is 13.8. The van der Waals surface area contributed by atoms with E-state index in [2.05, 4.69) is 10.1 Å². The molecule has 21 heavy (non-hydrogen) atoms. The van der Waals surface area contributed by atoms with Gasteiger partial charge < -0.3 is 20.1 Å². The number of carboxylic acid groups (broad SMARTS) is 1. The van der Waals surface area contributed by atoms with Gasteiger partial charge in [-0.3, -0.25) is 9.59 Å². The molecule has 0 saturated carbocycles. The van der Waals surface area contributed by atoms with Crippen molar-refractivity contribution >= 4 is 18.0 Å². The van der Waals surface area contributed by atoms with Gasteiger partial charge in [0, 0.05) is 13.6 Å². The molecule has 0 aliphatic rings. The van der Waals surface area contributed by atoms with Gasteiger partial charge >= 0.3 is 18.0 Å². The number of urea groups is 1. The minimum atomic E-state index is -1.14. The number of aliphatic carboxylic acids is 1. The predicted octanol–water partition coefficient (Wildman–Crippen LogP) is 1.33. The van der Waals surface area contributed by atoms with Crippen LogP contribution in [0, 0.1) is 11.3 Å². The summed E-state index contributed by atoms with van der Waals surface area (Å²) in [6, 6.07) is -0.440. The van der Waals surface area contributed by atoms with Crippen molar-refractivity contribution in [1.29, 1.82) is 0 Å². The largest absolute Gasteiger partial charge is 0.481 e. The topological polar surface area (TPSA) is 95.9 Å². The van der Waals surface area contributed by atoms with E-state index in [0.29, 0.717) is 0 Å². The maximum Gasteiger partial charge on any atom is 0.317 e. The Morgan fingerprint density at radius 3 is 2.10 bits per heavy atom. The summed E-state index contributed by atoms with van der Waals surface area (Å²) in [5.41, 5.74) is -2.10. The van der Waals surface area contributed by atoms with Crippen LogP contribution in [-0.4, -0.2) is 54.2 Å². The van der Waals surface area contributed by atoms with Crippen LogP contribution in [0.1, 0.15) is 34.6 Å². The number of hydrogen-bond donors (Lipinski definition) is 2. The van der Waals surface area contributed by atoms with Gasteiger partial charge in [0.15, 0.2) is 0 Å². The first-order chi connectivity index (χ1) is 9.36. The number of rotatable bonds is 6. The Morgan fingerprint density at radius 1 is 1.24 bits per heavy atom. The molecule has 0 rings (SSSR count). The Bertz CT molecular complexity index is 418. The molecule has 7 nitrogen and oxygen atoms in total. The summed E-state index contributed by atoms with van der Waals surface area (Å²) in [7, 11) is 2.83. The fourth-order valence-electron chi connectivity index (χ4n) is 1.56. The lowest BCUT2D eigenvalue weighted by Crippen LogP contribution is -2.59. The lowest BCUT2D eigenvalue weighted by atomic mass is 9.74. The van der Waals surface area contributed by atoms with Gasteiger partial charge in [-0.05, 0) is 27.7 Å². The van der Waals surface area contributed by atoms with Gasteiger partial charge in [-0.25, -0.2) is 4.79 Å². The van der Waals surface area contributed by atoms with Crippen LogP contribution in [0.5, 0.6) is 0 Å². The third-order valence-electron chi connectivity index (χ3n) is 4.01. The van der Waals surface area contributed by atoms with Crippen LogP contribution in [0.3, 0.4) is 0 Å². The maximum atomic E-state index is 12.1. The number of amides is 2. The van der Waals surface area contributed by atoms with E-state index in [1.54, 1.807) is 41.7 Å². The Kier molecular flexibility index (Phi) is 6.20. The van der Waals surface area contributed by atoms with Crippen molar-refractivity contribution in [3.8, 4) is 0 Å². The van der Waals surface area contributed by atoms with Gasteiger partial charge in [-0.1, -0.05) is 6.92 Å². The first-order valence-corrected chi connectivity index (χ1v) is 6.71. The molecular weight excluding hydrogens is 276 g/mol. The normalized spacial score (nSPS) is 13.3. The van der Waals surface area contributed by atoms with Crippen LogP contribution in [0.15, 0.2) is 0 Å². The summed E-state index contributed by atoms with van der Waals surface area (Å²) in [6.07, 6.45) is 0. The van der Waals surface area contributed by atoms with Crippen molar-refractivity contribution in [3.63, 3.8) is 0 Å². The summed E-state index contributed by atoms with van der Waals surface area (Å²) < 4.78 is 4.60. The first-order valence-electron chi connectivity index (χ1n) is 6.71. The van der Waals surface area contributed by atoms with Gasteiger partial charge in [-0.15, -0.1) is 0 Å². The molecule has 0 aromatic heterocycles. The highest BCUT2D eigenvalue weighted by Crippen LogP contribution is 2.30. The molecule has 0 heterocycles. The van der Waals surface area contributed by atoms with Crippen LogP contribution >= 0.6 is 0 Å². The minimum Gasteiger partial charge on any atom is -0.481 e. The average molecular weight is 302 g/mol. The molecule has 0 bridgehead atoms. The number of carbonyl (C=O) groups is 3. The highest BCUT2D eigenvalue weighted by atomic mass is 16.5. The van der Waals surface area contributed by atoms with Crippen LogP contribution in [0.4, 0.5) is 4.79 Å². The van der Waals surface area contributed by atoms with Crippen molar-refractivity contribution < 1.29 is 24.2 Å². The molecule has 0 radical (unpaired) electrons. The number of carbonyl (C=O) groups excluding carboxylic acids is 2. The van der Waals surface area contributed by atoms with Gasteiger partial charge in [0.2, 0.25) is 0 Å². The molecule has 0 aromatic rings. The van der Waals surface area contributed by atoms with Gasteiger partial charge in [-0.2, -0.15) is 0 Å². The fourth-order valence-corrected chi connectivity index (χ4v) is 1.56. The van der Waals surface area contributed by atoms with Crippen molar-refractivity contribution in [2.45, 2.75) is 40.2 Å². The Morgan fingerprint density at radius 2 is 1.71 bits per heavy atom. The molecule has 0 saturated heterocycles. The van der Waals surface area contributed by atoms with Crippen LogP contribution in [0.2, 0.25) is 0 Å². The van der Waals surface area contributed by atoms with Crippen LogP contribution < -0.4 is 5.32 Å². The lowest BCUT2D eigenvalue weighted by molar-refractivity contribution is -0.150. The van der Waals surface area contributed by atoms with E-state index in [1.807, 2.05) is 0 Å². The summed E-state index contributed by atoms with van der Waals surface area (Å²) in [4.78, 5) is 36.1. The molecule has 7 heteroatoms. The van der Waals surface area contributed by atoms with Gasteiger partial charge in [0.1, 0.15) is 0 Å². The predicted molar refractivity (Wildman–Crippen MR) is 77.8 cm³/mol. The molecule has 2 amide bonds. The summed E-state index contributed by atoms with van der Waals surface area (Å²) in [6.45, 7) is 8.23. The van der Waals surface area contributed by atoms with E-state index >= 15 is 0 Å². The molecule has 122 valence electrons. The number of hydrogen-bond acceptors (Lipinski definition) is 4. The highest BCUT2D eigenvalue weighted by Gasteiger charge is 2.44. The Labute approximate surface area is 125 Å². The summed E-state index contributed by atoms with van der Waals surface area (Å²) in [5, 5.41) is 11.9. The second-order valence-corrected chi connectivity index (χ2v) is 6.29. The SMILES string of the molecule is COC(=O)C(C)CN(C)C(=O)NC(C)(C)C(C)(C)C(=O)O. The minimum absolute atomic E-state index is 0.183. The second-order valence-electron chi connectivity index (χ2n) is 6.29. The third-order valence-corrected chi connectivity index (χ3v) is 4.01. The smallest absolute Gasteiger partial charge is 0.317 e. The van der Waals surface area contributed by atoms with Crippen LogP contribution in [-0.2, 0) is 14.3 Å². The molecule has 0 aromatic carbocycles. The average Bonchev–Trinajstić information content (AvgIpc) is 2.36. The molecule has 0 aliphatic carbocycles. The number of nitrogens with zero attached hydrogens (tertiary/aromatic N) is 1. The zero-order chi connectivity index (χ0) is 17.0. The van der Waals surface area contributed by atoms with Gasteiger partial charge in [0.05, 0.1) is 24.0 Å². The van der Waals surface area contributed by atoms with Crippen molar-refractivity contribution in [1.82, 2.24) is 10.2 Å². The quantitative estimate of drug-likeness (QED) is 0.722. The second kappa shape index (κ2) is 6.78. The molecule has 0 aliphatic heterocycles. The van der Waals surface area contributed by atoms with E-state index < -0.39 is 34.8 Å². The summed E-state index contributed by atoms with van der Waals surface area (Å²) in [5.74, 6) is -1.86. The Hall–Kier alpha value is -1.79. The van der Waals surface area contributed by atoms with E-state index in [1.165, 1.54) is 12.0 Å². The number of carboxylic acids is 1. The van der Waals surface area contributed by atoms with E-state index in [-0.39, 0.29) is 6.54 Å². The lowest BCUT2D eigenvalue weighted by Gasteiger charge is -2.39. The number of esters is 1. The third kappa shape index (κ3) is 4.61. The van der Waals surface area contributed by atoms with E-state index in [0.717, 1.165) is 0 Å². The molecule has 2 N–H and O–H groups in total. The zero-order valence-corrected chi connectivity index (χ0v) is 13.8. The molecule has 1 atom stereocenters. The number of methoxy groups -OCH3 is 1. The number of ether oxygens (including phenoxy) is 1. The first kappa shape index (κ1) is 19.2. The summed E-state index contributed by atoms with van der Waals surface area (Å²) >= 11 is 0. The highest BCUT2D eigenvalue weighted by molar-refractivity contribution is 5.80. The number of nitrogens with one attached hydrogen (secondary N) is 1. The fraction of sp³-hybridized carbons (Fsp3) is 0.786. The monoisotopic (exact) mass is 302 g/mol. The molecule has 0 spiro atoms. The molecular formula is C14H26N2O5. The van der Waals surface area contributed by atoms with Crippen molar-refractivity contribution in [2.75, 3.05) is 20.7 Å². The van der Waals surface area contributed by atoms with E-state index in [9.17, 15) is 19.5 Å². The van der Waals surface area contributed by atoms with Crippen LogP contribution in [0.25, 0.3) is 0 Å². The Balaban J connectivity index is 4.82. The van der Waals surface area contributed by atoms with Crippen molar-refractivity contribution in [2.24, 2.45) is 11.3 Å². The van der Waals surface area contributed by atoms with E-state index in [4.69, 9.17) is 0 Å². The van der Waals surface area contributed by atoms with Gasteiger partial charge in [0.25, 0.3) is 0 Å². The maximum absolute atomic E-state index is 12.1. The molecule has 1 unspecified atom stereocenters. The molecule has 0 fully saturated rings.